The highest BCUT2D eigenvalue weighted by Crippen LogP contribution is 2.44. The lowest BCUT2D eigenvalue weighted by Gasteiger charge is -2.02. The van der Waals surface area contributed by atoms with Crippen LogP contribution in [0.15, 0.2) is 36.1 Å². The van der Waals surface area contributed by atoms with Gasteiger partial charge in [0.05, 0.1) is 10.6 Å². The van der Waals surface area contributed by atoms with Crippen LogP contribution in [0.4, 0.5) is 4.39 Å². The second kappa shape index (κ2) is 4.79. The van der Waals surface area contributed by atoms with Crippen molar-refractivity contribution in [2.24, 2.45) is 0 Å². The van der Waals surface area contributed by atoms with Crippen LogP contribution >= 0.6 is 11.6 Å². The summed E-state index contributed by atoms with van der Waals surface area (Å²) in [6.07, 6.45) is 1.33. The smallest absolute Gasteiger partial charge is 0.232 e. The number of ether oxygens (including phenoxy) is 1. The van der Waals surface area contributed by atoms with E-state index < -0.39 is 17.3 Å². The summed E-state index contributed by atoms with van der Waals surface area (Å²) >= 11 is 5.58. The van der Waals surface area contributed by atoms with Crippen molar-refractivity contribution in [1.82, 2.24) is 0 Å². The number of phenols is 2. The van der Waals surface area contributed by atoms with E-state index in [0.29, 0.717) is 5.56 Å². The third kappa shape index (κ3) is 2.21. The molecule has 0 fully saturated rings. The summed E-state index contributed by atoms with van der Waals surface area (Å²) < 4.78 is 18.6. The van der Waals surface area contributed by atoms with Crippen LogP contribution in [0.5, 0.6) is 17.2 Å². The van der Waals surface area contributed by atoms with E-state index in [4.69, 9.17) is 16.3 Å². The van der Waals surface area contributed by atoms with Gasteiger partial charge in [0.1, 0.15) is 5.82 Å². The van der Waals surface area contributed by atoms with Gasteiger partial charge in [-0.25, -0.2) is 4.39 Å². The first-order chi connectivity index (χ1) is 9.97. The zero-order valence-corrected chi connectivity index (χ0v) is 11.2. The maximum Gasteiger partial charge on any atom is 0.232 e. The second-order valence-electron chi connectivity index (χ2n) is 4.42. The Bertz CT molecular complexity index is 799. The zero-order valence-electron chi connectivity index (χ0n) is 10.4. The van der Waals surface area contributed by atoms with Crippen LogP contribution in [0.3, 0.4) is 0 Å². The molecule has 0 saturated carbocycles. The first-order valence-electron chi connectivity index (χ1n) is 5.91. The molecule has 0 bridgehead atoms. The summed E-state index contributed by atoms with van der Waals surface area (Å²) in [5.41, 5.74) is 0.516. The molecule has 3 rings (SSSR count). The number of benzene rings is 2. The Kier molecular flexibility index (Phi) is 3.07. The number of carbonyl (C=O) groups excluding carboxylic acids is 1. The van der Waals surface area contributed by atoms with E-state index in [1.165, 1.54) is 30.3 Å². The van der Waals surface area contributed by atoms with Gasteiger partial charge < -0.3 is 14.9 Å². The van der Waals surface area contributed by atoms with Crippen molar-refractivity contribution in [2.75, 3.05) is 0 Å². The van der Waals surface area contributed by atoms with Crippen LogP contribution in [0.1, 0.15) is 15.9 Å². The molecule has 6 heteroatoms. The number of hydrogen-bond acceptors (Lipinski definition) is 4. The van der Waals surface area contributed by atoms with Crippen molar-refractivity contribution >= 4 is 23.5 Å². The maximum absolute atomic E-state index is 13.4. The van der Waals surface area contributed by atoms with Gasteiger partial charge in [0, 0.05) is 0 Å². The molecule has 2 N–H and O–H groups in total. The van der Waals surface area contributed by atoms with Gasteiger partial charge in [-0.15, -0.1) is 0 Å². The van der Waals surface area contributed by atoms with Gasteiger partial charge in [-0.05, 0) is 35.9 Å². The van der Waals surface area contributed by atoms with Gasteiger partial charge in [-0.1, -0.05) is 17.7 Å². The van der Waals surface area contributed by atoms with Crippen molar-refractivity contribution in [3.63, 3.8) is 0 Å². The number of carbonyl (C=O) groups is 1. The number of aromatic hydroxyl groups is 2. The highest BCUT2D eigenvalue weighted by Gasteiger charge is 2.31. The van der Waals surface area contributed by atoms with Crippen LogP contribution < -0.4 is 4.74 Å². The standard InChI is InChI=1S/C15H8ClFO4/c16-9-3-1-7(5-10(9)17)6-12-13(19)8-2-4-11(18)14(20)15(8)21-12/h1-6,18,20H/b12-6-. The molecule has 1 aliphatic rings. The minimum atomic E-state index is -0.616. The lowest BCUT2D eigenvalue weighted by atomic mass is 10.1. The van der Waals surface area contributed by atoms with Crippen molar-refractivity contribution < 1.29 is 24.1 Å². The third-order valence-electron chi connectivity index (χ3n) is 3.03. The molecule has 4 nitrogen and oxygen atoms in total. The Morgan fingerprint density at radius 1 is 1.19 bits per heavy atom. The van der Waals surface area contributed by atoms with Crippen molar-refractivity contribution in [3.8, 4) is 17.2 Å². The molecule has 0 aliphatic carbocycles. The molecule has 2 aromatic rings. The highest BCUT2D eigenvalue weighted by molar-refractivity contribution is 6.30. The van der Waals surface area contributed by atoms with E-state index >= 15 is 0 Å². The predicted octanol–water partition coefficient (Wildman–Crippen LogP) is 3.51. The molecule has 0 aromatic heterocycles. The number of hydrogen-bond donors (Lipinski definition) is 2. The van der Waals surface area contributed by atoms with Crippen LogP contribution in [0.2, 0.25) is 5.02 Å². The lowest BCUT2D eigenvalue weighted by Crippen LogP contribution is -1.98. The van der Waals surface area contributed by atoms with Gasteiger partial charge in [-0.2, -0.15) is 0 Å². The SMILES string of the molecule is O=C1/C(=C/c2ccc(Cl)c(F)c2)Oc2c1ccc(O)c2O. The molecule has 106 valence electrons. The number of ketones is 1. The van der Waals surface area contributed by atoms with E-state index in [2.05, 4.69) is 0 Å². The van der Waals surface area contributed by atoms with E-state index in [0.717, 1.165) is 6.07 Å². The number of rotatable bonds is 1. The van der Waals surface area contributed by atoms with Crippen LogP contribution in [-0.4, -0.2) is 16.0 Å². The molecule has 0 atom stereocenters. The Hall–Kier alpha value is -2.53. The molecular formula is C15H8ClFO4. The van der Waals surface area contributed by atoms with E-state index in [1.807, 2.05) is 0 Å². The maximum atomic E-state index is 13.4. The minimum Gasteiger partial charge on any atom is -0.504 e. The van der Waals surface area contributed by atoms with Gasteiger partial charge in [0.15, 0.2) is 17.3 Å². The zero-order chi connectivity index (χ0) is 15.1. The Morgan fingerprint density at radius 3 is 2.67 bits per heavy atom. The first kappa shape index (κ1) is 13.5. The Morgan fingerprint density at radius 2 is 1.95 bits per heavy atom. The third-order valence-corrected chi connectivity index (χ3v) is 3.34. The van der Waals surface area contributed by atoms with Gasteiger partial charge >= 0.3 is 0 Å². The Labute approximate surface area is 123 Å². The first-order valence-corrected chi connectivity index (χ1v) is 6.29. The molecule has 21 heavy (non-hydrogen) atoms. The fourth-order valence-corrected chi connectivity index (χ4v) is 2.10. The normalized spacial score (nSPS) is 15.1. The van der Waals surface area contributed by atoms with E-state index in [-0.39, 0.29) is 27.8 Å². The average Bonchev–Trinajstić information content (AvgIpc) is 2.76. The summed E-state index contributed by atoms with van der Waals surface area (Å²) in [7, 11) is 0. The second-order valence-corrected chi connectivity index (χ2v) is 4.83. The van der Waals surface area contributed by atoms with Crippen LogP contribution in [0.25, 0.3) is 6.08 Å². The molecule has 1 heterocycles. The number of halogens is 2. The molecule has 0 unspecified atom stereocenters. The fraction of sp³-hybridized carbons (Fsp3) is 0. The number of phenolic OH excluding ortho intramolecular Hbond substituents is 2. The van der Waals surface area contributed by atoms with Crippen molar-refractivity contribution in [2.45, 2.75) is 0 Å². The fourth-order valence-electron chi connectivity index (χ4n) is 1.98. The van der Waals surface area contributed by atoms with Crippen molar-refractivity contribution in [3.05, 3.63) is 58.1 Å². The highest BCUT2D eigenvalue weighted by atomic mass is 35.5. The summed E-state index contributed by atoms with van der Waals surface area (Å²) in [6.45, 7) is 0. The van der Waals surface area contributed by atoms with Crippen LogP contribution in [-0.2, 0) is 0 Å². The van der Waals surface area contributed by atoms with Crippen LogP contribution in [0, 0.1) is 5.82 Å². The number of fused-ring (bicyclic) bond motifs is 1. The average molecular weight is 307 g/mol. The molecule has 2 aromatic carbocycles. The number of Topliss-reactive ketones (excluding diaryl/α,β-unsaturated/α-hetero) is 1. The van der Waals surface area contributed by atoms with Gasteiger partial charge in [0.25, 0.3) is 0 Å². The topological polar surface area (TPSA) is 66.8 Å². The molecule has 0 saturated heterocycles. The van der Waals surface area contributed by atoms with Gasteiger partial charge in [-0.3, -0.25) is 4.79 Å². The summed E-state index contributed by atoms with van der Waals surface area (Å²) in [6, 6.07) is 6.58. The molecule has 0 radical (unpaired) electrons. The molecular weight excluding hydrogens is 299 g/mol. The predicted molar refractivity (Wildman–Crippen MR) is 74.1 cm³/mol. The largest absolute Gasteiger partial charge is 0.504 e. The monoisotopic (exact) mass is 306 g/mol. The minimum absolute atomic E-state index is 0.0262. The molecule has 1 aliphatic heterocycles. The van der Waals surface area contributed by atoms with E-state index in [1.54, 1.807) is 0 Å². The Balaban J connectivity index is 2.02. The quantitative estimate of drug-likeness (QED) is 0.625. The van der Waals surface area contributed by atoms with Gasteiger partial charge in [0.2, 0.25) is 11.5 Å². The summed E-state index contributed by atoms with van der Waals surface area (Å²) in [5, 5.41) is 19.0. The molecule has 0 spiro atoms. The number of allylic oxidation sites excluding steroid dienone is 1. The molecule has 0 amide bonds. The summed E-state index contributed by atoms with van der Waals surface area (Å²) in [4.78, 5) is 12.1. The van der Waals surface area contributed by atoms with E-state index in [9.17, 15) is 19.4 Å². The van der Waals surface area contributed by atoms with Crippen molar-refractivity contribution in [1.29, 1.82) is 0 Å². The lowest BCUT2D eigenvalue weighted by molar-refractivity contribution is 0.101. The summed E-state index contributed by atoms with van der Waals surface area (Å²) in [5.74, 6) is -2.16.